The van der Waals surface area contributed by atoms with E-state index in [0.717, 1.165) is 23.7 Å². The summed E-state index contributed by atoms with van der Waals surface area (Å²) in [4.78, 5) is 4.37. The zero-order valence-corrected chi connectivity index (χ0v) is 9.77. The fraction of sp³-hybridized carbons (Fsp3) is 0.700. The van der Waals surface area contributed by atoms with Gasteiger partial charge in [-0.25, -0.2) is 4.98 Å². The van der Waals surface area contributed by atoms with Gasteiger partial charge in [0, 0.05) is 11.9 Å². The molecule has 0 bridgehead atoms. The second-order valence-corrected chi connectivity index (χ2v) is 4.43. The predicted molar refractivity (Wildman–Crippen MR) is 59.3 cm³/mol. The molecule has 0 aliphatic heterocycles. The van der Waals surface area contributed by atoms with Crippen LogP contribution in [0.25, 0.3) is 0 Å². The fourth-order valence-electron chi connectivity index (χ4n) is 1.19. The van der Waals surface area contributed by atoms with E-state index < -0.39 is 6.10 Å². The van der Waals surface area contributed by atoms with Crippen molar-refractivity contribution in [2.24, 2.45) is 5.92 Å². The summed E-state index contributed by atoms with van der Waals surface area (Å²) in [6, 6.07) is 0. The van der Waals surface area contributed by atoms with Crippen LogP contribution in [0.4, 0.5) is 0 Å². The van der Waals surface area contributed by atoms with Crippen molar-refractivity contribution < 1.29 is 5.11 Å². The van der Waals surface area contributed by atoms with Crippen LogP contribution in [-0.2, 0) is 6.54 Å². The van der Waals surface area contributed by atoms with Crippen molar-refractivity contribution in [3.05, 3.63) is 16.1 Å². The van der Waals surface area contributed by atoms with Crippen molar-refractivity contribution in [2.45, 2.75) is 32.9 Å². The number of aliphatic hydroxyl groups is 1. The average Bonchev–Trinajstić information content (AvgIpc) is 2.64. The molecule has 0 fully saturated rings. The zero-order valence-electron chi connectivity index (χ0n) is 8.95. The molecule has 4 heteroatoms. The summed E-state index contributed by atoms with van der Waals surface area (Å²) in [5, 5.41) is 15.8. The predicted octanol–water partition coefficient (Wildman–Crippen LogP) is 1.94. The van der Waals surface area contributed by atoms with Crippen molar-refractivity contribution in [1.29, 1.82) is 0 Å². The van der Waals surface area contributed by atoms with Gasteiger partial charge in [-0.3, -0.25) is 0 Å². The van der Waals surface area contributed by atoms with E-state index in [1.54, 1.807) is 11.3 Å². The second kappa shape index (κ2) is 5.44. The Kier molecular flexibility index (Phi) is 4.51. The summed E-state index contributed by atoms with van der Waals surface area (Å²) in [7, 11) is 1.89. The van der Waals surface area contributed by atoms with Crippen LogP contribution in [0, 0.1) is 5.92 Å². The Labute approximate surface area is 89.2 Å². The first kappa shape index (κ1) is 11.6. The molecule has 1 rings (SSSR count). The summed E-state index contributed by atoms with van der Waals surface area (Å²) >= 11 is 1.54. The van der Waals surface area contributed by atoms with Gasteiger partial charge in [-0.15, -0.1) is 11.3 Å². The first-order chi connectivity index (χ1) is 6.69. The van der Waals surface area contributed by atoms with Gasteiger partial charge in [-0.2, -0.15) is 0 Å². The highest BCUT2D eigenvalue weighted by Gasteiger charge is 2.17. The Morgan fingerprint density at radius 1 is 1.64 bits per heavy atom. The number of aromatic nitrogens is 1. The maximum absolute atomic E-state index is 9.90. The molecule has 80 valence electrons. The molecular formula is C10H18N2OS. The molecule has 14 heavy (non-hydrogen) atoms. The minimum absolute atomic E-state index is 0.281. The number of hydrogen-bond acceptors (Lipinski definition) is 4. The van der Waals surface area contributed by atoms with Crippen LogP contribution in [0.2, 0.25) is 0 Å². The van der Waals surface area contributed by atoms with Gasteiger partial charge >= 0.3 is 0 Å². The monoisotopic (exact) mass is 214 g/mol. The normalized spacial score (nSPS) is 15.4. The lowest BCUT2D eigenvalue weighted by Crippen LogP contribution is -2.09. The van der Waals surface area contributed by atoms with Gasteiger partial charge in [0.25, 0.3) is 0 Å². The Morgan fingerprint density at radius 3 is 2.93 bits per heavy atom. The van der Waals surface area contributed by atoms with Crippen molar-refractivity contribution in [3.8, 4) is 0 Å². The Hall–Kier alpha value is -0.450. The molecule has 1 aromatic rings. The minimum atomic E-state index is -0.407. The van der Waals surface area contributed by atoms with E-state index in [1.165, 1.54) is 0 Å². The molecule has 1 heterocycles. The Morgan fingerprint density at radius 2 is 2.36 bits per heavy atom. The third-order valence-corrected chi connectivity index (χ3v) is 3.33. The van der Waals surface area contributed by atoms with Gasteiger partial charge in [0.05, 0.1) is 5.69 Å². The van der Waals surface area contributed by atoms with Gasteiger partial charge < -0.3 is 10.4 Å². The number of thiazole rings is 1. The standard InChI is InChI=1S/C10H18N2OS/c1-4-7(2)9(13)10-12-8(5-11-3)6-14-10/h6-7,9,11,13H,4-5H2,1-3H3. The van der Waals surface area contributed by atoms with Crippen LogP contribution in [0.5, 0.6) is 0 Å². The van der Waals surface area contributed by atoms with Crippen molar-refractivity contribution >= 4 is 11.3 Å². The summed E-state index contributed by atoms with van der Waals surface area (Å²) in [6.45, 7) is 4.89. The highest BCUT2D eigenvalue weighted by molar-refractivity contribution is 7.09. The van der Waals surface area contributed by atoms with Gasteiger partial charge in [0.2, 0.25) is 0 Å². The quantitative estimate of drug-likeness (QED) is 0.787. The van der Waals surface area contributed by atoms with Crippen LogP contribution in [0.3, 0.4) is 0 Å². The van der Waals surface area contributed by atoms with E-state index in [9.17, 15) is 5.11 Å². The Bertz CT molecular complexity index is 275. The highest BCUT2D eigenvalue weighted by Crippen LogP contribution is 2.26. The summed E-state index contributed by atoms with van der Waals surface area (Å²) in [6.07, 6.45) is 0.567. The summed E-state index contributed by atoms with van der Waals surface area (Å²) in [5.41, 5.74) is 1.01. The maximum atomic E-state index is 9.90. The number of nitrogens with zero attached hydrogens (tertiary/aromatic N) is 1. The molecule has 0 saturated carbocycles. The largest absolute Gasteiger partial charge is 0.386 e. The molecule has 2 unspecified atom stereocenters. The number of rotatable bonds is 5. The molecule has 1 aromatic heterocycles. The van der Waals surface area contributed by atoms with E-state index in [0.29, 0.717) is 0 Å². The first-order valence-corrected chi connectivity index (χ1v) is 5.84. The van der Waals surface area contributed by atoms with Crippen LogP contribution in [0.1, 0.15) is 37.1 Å². The summed E-state index contributed by atoms with van der Waals surface area (Å²) in [5.74, 6) is 0.281. The zero-order chi connectivity index (χ0) is 10.6. The maximum Gasteiger partial charge on any atom is 0.122 e. The topological polar surface area (TPSA) is 45.2 Å². The third-order valence-electron chi connectivity index (χ3n) is 2.36. The van der Waals surface area contributed by atoms with E-state index in [2.05, 4.69) is 17.2 Å². The molecule has 2 N–H and O–H groups in total. The van der Waals surface area contributed by atoms with Crippen LogP contribution in [0.15, 0.2) is 5.38 Å². The van der Waals surface area contributed by atoms with Crippen molar-refractivity contribution in [1.82, 2.24) is 10.3 Å². The van der Waals surface area contributed by atoms with E-state index in [4.69, 9.17) is 0 Å². The molecule has 0 amide bonds. The molecule has 3 nitrogen and oxygen atoms in total. The summed E-state index contributed by atoms with van der Waals surface area (Å²) < 4.78 is 0. The van der Waals surface area contributed by atoms with Crippen molar-refractivity contribution in [3.63, 3.8) is 0 Å². The molecule has 0 aromatic carbocycles. The molecular weight excluding hydrogens is 196 g/mol. The van der Waals surface area contributed by atoms with E-state index in [1.807, 2.05) is 19.4 Å². The second-order valence-electron chi connectivity index (χ2n) is 3.54. The van der Waals surface area contributed by atoms with Gasteiger partial charge in [-0.1, -0.05) is 20.3 Å². The van der Waals surface area contributed by atoms with Crippen molar-refractivity contribution in [2.75, 3.05) is 7.05 Å². The highest BCUT2D eigenvalue weighted by atomic mass is 32.1. The third kappa shape index (κ3) is 2.77. The van der Waals surface area contributed by atoms with Gasteiger partial charge in [-0.05, 0) is 13.0 Å². The molecule has 2 atom stereocenters. The van der Waals surface area contributed by atoms with Gasteiger partial charge in [0.15, 0.2) is 0 Å². The smallest absolute Gasteiger partial charge is 0.122 e. The Balaban J connectivity index is 2.65. The van der Waals surface area contributed by atoms with Crippen LogP contribution < -0.4 is 5.32 Å². The first-order valence-electron chi connectivity index (χ1n) is 4.96. The van der Waals surface area contributed by atoms with E-state index >= 15 is 0 Å². The molecule has 0 saturated heterocycles. The number of nitrogens with one attached hydrogen (secondary N) is 1. The molecule has 0 radical (unpaired) electrons. The average molecular weight is 214 g/mol. The SMILES string of the molecule is CCC(C)C(O)c1nc(CNC)cs1. The lowest BCUT2D eigenvalue weighted by Gasteiger charge is -2.13. The van der Waals surface area contributed by atoms with Gasteiger partial charge in [0.1, 0.15) is 11.1 Å². The molecule has 0 aliphatic rings. The lowest BCUT2D eigenvalue weighted by atomic mass is 10.0. The van der Waals surface area contributed by atoms with Crippen LogP contribution >= 0.6 is 11.3 Å². The van der Waals surface area contributed by atoms with Crippen LogP contribution in [-0.4, -0.2) is 17.1 Å². The minimum Gasteiger partial charge on any atom is -0.386 e. The fourth-order valence-corrected chi connectivity index (χ4v) is 2.12. The lowest BCUT2D eigenvalue weighted by molar-refractivity contribution is 0.115. The van der Waals surface area contributed by atoms with E-state index in [-0.39, 0.29) is 5.92 Å². The molecule has 0 aliphatic carbocycles. The molecule has 0 spiro atoms. The number of hydrogen-bond donors (Lipinski definition) is 2. The number of aliphatic hydroxyl groups excluding tert-OH is 1.